The number of hydrogen-bond acceptors (Lipinski definition) is 2. The Balaban J connectivity index is 2.61. The summed E-state index contributed by atoms with van der Waals surface area (Å²) < 4.78 is 1.69. The summed E-state index contributed by atoms with van der Waals surface area (Å²) in [4.78, 5) is 11.7. The van der Waals surface area contributed by atoms with Gasteiger partial charge in [0.1, 0.15) is 0 Å². The van der Waals surface area contributed by atoms with Gasteiger partial charge in [0.25, 0.3) is 0 Å². The van der Waals surface area contributed by atoms with Gasteiger partial charge in [-0.25, -0.2) is 0 Å². The van der Waals surface area contributed by atoms with Gasteiger partial charge in [-0.05, 0) is 24.6 Å². The Kier molecular flexibility index (Phi) is 3.41. The number of nitrogens with two attached hydrogens (primary N) is 1. The SMILES string of the molecule is NCCc1cn(C(=O)CBr)c2ccccc12. The summed E-state index contributed by atoms with van der Waals surface area (Å²) >= 11 is 3.19. The van der Waals surface area contributed by atoms with Crippen LogP contribution in [0.3, 0.4) is 0 Å². The largest absolute Gasteiger partial charge is 0.330 e. The molecule has 0 amide bonds. The molecule has 0 unspecified atom stereocenters. The van der Waals surface area contributed by atoms with E-state index in [1.54, 1.807) is 4.57 Å². The molecule has 16 heavy (non-hydrogen) atoms. The van der Waals surface area contributed by atoms with Gasteiger partial charge in [0.2, 0.25) is 5.91 Å². The van der Waals surface area contributed by atoms with Crippen LogP contribution < -0.4 is 5.73 Å². The van der Waals surface area contributed by atoms with Crippen LogP contribution in [-0.2, 0) is 6.42 Å². The van der Waals surface area contributed by atoms with Crippen LogP contribution in [0.5, 0.6) is 0 Å². The molecule has 0 aliphatic rings. The number of fused-ring (bicyclic) bond motifs is 1. The van der Waals surface area contributed by atoms with Crippen LogP contribution in [0.2, 0.25) is 0 Å². The van der Waals surface area contributed by atoms with E-state index in [4.69, 9.17) is 5.73 Å². The Morgan fingerprint density at radius 1 is 1.38 bits per heavy atom. The third kappa shape index (κ3) is 1.90. The Hall–Kier alpha value is -1.13. The molecule has 3 nitrogen and oxygen atoms in total. The molecule has 2 N–H and O–H groups in total. The molecule has 1 aromatic heterocycles. The number of aromatic nitrogens is 1. The van der Waals surface area contributed by atoms with Crippen molar-refractivity contribution in [1.82, 2.24) is 4.57 Å². The van der Waals surface area contributed by atoms with E-state index in [2.05, 4.69) is 15.9 Å². The van der Waals surface area contributed by atoms with E-state index in [0.29, 0.717) is 11.9 Å². The molecule has 2 rings (SSSR count). The van der Waals surface area contributed by atoms with Crippen LogP contribution >= 0.6 is 15.9 Å². The fourth-order valence-electron chi connectivity index (χ4n) is 1.88. The summed E-state index contributed by atoms with van der Waals surface area (Å²) in [5.41, 5.74) is 7.65. The zero-order valence-corrected chi connectivity index (χ0v) is 10.4. The highest BCUT2D eigenvalue weighted by Crippen LogP contribution is 2.21. The second kappa shape index (κ2) is 4.80. The number of carbonyl (C=O) groups is 1. The molecule has 0 radical (unpaired) electrons. The Labute approximate surface area is 102 Å². The van der Waals surface area contributed by atoms with E-state index < -0.39 is 0 Å². The highest BCUT2D eigenvalue weighted by atomic mass is 79.9. The Morgan fingerprint density at radius 3 is 2.81 bits per heavy atom. The summed E-state index contributed by atoms with van der Waals surface area (Å²) in [6.07, 6.45) is 2.68. The van der Waals surface area contributed by atoms with Crippen LogP contribution in [0.4, 0.5) is 0 Å². The fourth-order valence-corrected chi connectivity index (χ4v) is 2.15. The monoisotopic (exact) mass is 280 g/mol. The minimum atomic E-state index is 0.0412. The van der Waals surface area contributed by atoms with E-state index in [9.17, 15) is 4.79 Å². The number of nitrogens with zero attached hydrogens (tertiary/aromatic N) is 1. The van der Waals surface area contributed by atoms with Crippen molar-refractivity contribution in [2.75, 3.05) is 11.9 Å². The van der Waals surface area contributed by atoms with E-state index >= 15 is 0 Å². The highest BCUT2D eigenvalue weighted by molar-refractivity contribution is 9.09. The van der Waals surface area contributed by atoms with Crippen molar-refractivity contribution in [2.24, 2.45) is 5.73 Å². The molecule has 0 saturated carbocycles. The van der Waals surface area contributed by atoms with Crippen LogP contribution in [-0.4, -0.2) is 22.3 Å². The van der Waals surface area contributed by atoms with Crippen LogP contribution in [0.25, 0.3) is 10.9 Å². The summed E-state index contributed by atoms with van der Waals surface area (Å²) in [6, 6.07) is 7.89. The first-order valence-electron chi connectivity index (χ1n) is 5.16. The molecule has 0 fully saturated rings. The number of para-hydroxylation sites is 1. The molecule has 4 heteroatoms. The van der Waals surface area contributed by atoms with E-state index in [-0.39, 0.29) is 5.91 Å². The van der Waals surface area contributed by atoms with E-state index in [1.807, 2.05) is 30.5 Å². The summed E-state index contributed by atoms with van der Waals surface area (Å²) in [7, 11) is 0. The normalized spacial score (nSPS) is 10.9. The minimum absolute atomic E-state index is 0.0412. The molecular formula is C12H13BrN2O. The molecule has 1 aromatic carbocycles. The highest BCUT2D eigenvalue weighted by Gasteiger charge is 2.11. The quantitative estimate of drug-likeness (QED) is 0.876. The number of hydrogen-bond donors (Lipinski definition) is 1. The van der Waals surface area contributed by atoms with Crippen molar-refractivity contribution >= 4 is 32.7 Å². The molecule has 0 bridgehead atoms. The van der Waals surface area contributed by atoms with E-state index in [1.165, 1.54) is 0 Å². The molecular weight excluding hydrogens is 268 g/mol. The first-order chi connectivity index (χ1) is 7.77. The lowest BCUT2D eigenvalue weighted by molar-refractivity contribution is 0.0948. The predicted octanol–water partition coefficient (Wildman–Crippen LogP) is 2.18. The predicted molar refractivity (Wildman–Crippen MR) is 69.1 cm³/mol. The zero-order chi connectivity index (χ0) is 11.5. The minimum Gasteiger partial charge on any atom is -0.330 e. The maximum Gasteiger partial charge on any atom is 0.241 e. The lowest BCUT2D eigenvalue weighted by atomic mass is 10.1. The van der Waals surface area contributed by atoms with Crippen molar-refractivity contribution in [3.63, 3.8) is 0 Å². The zero-order valence-electron chi connectivity index (χ0n) is 8.82. The van der Waals surface area contributed by atoms with Crippen LogP contribution in [0.1, 0.15) is 10.4 Å². The van der Waals surface area contributed by atoms with Crippen molar-refractivity contribution in [3.05, 3.63) is 36.0 Å². The van der Waals surface area contributed by atoms with Crippen molar-refractivity contribution in [2.45, 2.75) is 6.42 Å². The van der Waals surface area contributed by atoms with Gasteiger partial charge in [-0.1, -0.05) is 34.1 Å². The number of carbonyl (C=O) groups excluding carboxylic acids is 1. The van der Waals surface area contributed by atoms with Gasteiger partial charge in [-0.15, -0.1) is 0 Å². The molecule has 0 saturated heterocycles. The maximum absolute atomic E-state index is 11.7. The molecule has 0 aliphatic heterocycles. The standard InChI is InChI=1S/C12H13BrN2O/c13-7-12(16)15-8-9(5-6-14)10-3-1-2-4-11(10)15/h1-4,8H,5-7,14H2. The second-order valence-electron chi connectivity index (χ2n) is 3.61. The first-order valence-corrected chi connectivity index (χ1v) is 6.28. The number of halogens is 1. The average molecular weight is 281 g/mol. The molecule has 1 heterocycles. The van der Waals surface area contributed by atoms with Crippen LogP contribution in [0, 0.1) is 0 Å². The second-order valence-corrected chi connectivity index (χ2v) is 4.17. The molecule has 84 valence electrons. The van der Waals surface area contributed by atoms with Crippen molar-refractivity contribution in [3.8, 4) is 0 Å². The summed E-state index contributed by atoms with van der Waals surface area (Å²) in [6.45, 7) is 0.594. The lowest BCUT2D eigenvalue weighted by Crippen LogP contribution is -2.10. The van der Waals surface area contributed by atoms with Crippen molar-refractivity contribution < 1.29 is 4.79 Å². The topological polar surface area (TPSA) is 48.0 Å². The third-order valence-electron chi connectivity index (χ3n) is 2.59. The third-order valence-corrected chi connectivity index (χ3v) is 3.07. The number of benzene rings is 1. The molecule has 0 spiro atoms. The average Bonchev–Trinajstić information content (AvgIpc) is 2.68. The van der Waals surface area contributed by atoms with E-state index in [0.717, 1.165) is 22.9 Å². The number of rotatable bonds is 3. The molecule has 0 atom stereocenters. The van der Waals surface area contributed by atoms with Gasteiger partial charge in [0.15, 0.2) is 0 Å². The van der Waals surface area contributed by atoms with Gasteiger partial charge in [-0.3, -0.25) is 9.36 Å². The van der Waals surface area contributed by atoms with Crippen molar-refractivity contribution in [1.29, 1.82) is 0 Å². The van der Waals surface area contributed by atoms with Gasteiger partial charge >= 0.3 is 0 Å². The number of alkyl halides is 1. The molecule has 0 aliphatic carbocycles. The Morgan fingerprint density at radius 2 is 2.12 bits per heavy atom. The smallest absolute Gasteiger partial charge is 0.241 e. The van der Waals surface area contributed by atoms with Gasteiger partial charge in [0.05, 0.1) is 10.8 Å². The van der Waals surface area contributed by atoms with Gasteiger partial charge in [-0.2, -0.15) is 0 Å². The maximum atomic E-state index is 11.7. The van der Waals surface area contributed by atoms with Gasteiger partial charge in [0, 0.05) is 11.6 Å². The fraction of sp³-hybridized carbons (Fsp3) is 0.250. The first kappa shape index (κ1) is 11.4. The lowest BCUT2D eigenvalue weighted by Gasteiger charge is -1.99. The summed E-state index contributed by atoms with van der Waals surface area (Å²) in [5.74, 6) is 0.0412. The summed E-state index contributed by atoms with van der Waals surface area (Å²) in [5, 5.41) is 1.44. The van der Waals surface area contributed by atoms with Crippen LogP contribution in [0.15, 0.2) is 30.5 Å². The Bertz CT molecular complexity index is 519. The molecule has 2 aromatic rings. The van der Waals surface area contributed by atoms with Gasteiger partial charge < -0.3 is 5.73 Å².